The van der Waals surface area contributed by atoms with Crippen LogP contribution in [0, 0.1) is 16.9 Å². The van der Waals surface area contributed by atoms with Crippen molar-refractivity contribution in [2.45, 2.75) is 27.2 Å². The van der Waals surface area contributed by atoms with E-state index in [1.807, 2.05) is 25.2 Å². The number of aliphatic imine (C=N–C) groups is 1. The molecule has 0 rings (SSSR count). The van der Waals surface area contributed by atoms with E-state index in [0.717, 1.165) is 29.4 Å². The van der Waals surface area contributed by atoms with Crippen LogP contribution in [0.1, 0.15) is 27.2 Å². The Balaban J connectivity index is 5.68. The molecule has 114 valence electrons. The standard InChI is InChI=1S/C16H25N5/c1-5-12(3)15(16(10-18)21-19)8-7-13(6-2)14(9-17)11-20-4/h6-12,18-19H,5,17H2,1-4H3/b8-7-,13-6+,14-9+,16-15-,18-10?,20-11?,21-19?. The van der Waals surface area contributed by atoms with Crippen molar-refractivity contribution in [1.29, 1.82) is 10.9 Å². The van der Waals surface area contributed by atoms with Gasteiger partial charge in [0.2, 0.25) is 0 Å². The maximum absolute atomic E-state index is 7.38. The molecular formula is C16H25N5. The van der Waals surface area contributed by atoms with E-state index in [1.165, 1.54) is 6.20 Å². The second-order valence-corrected chi connectivity index (χ2v) is 4.49. The largest absolute Gasteiger partial charge is 0.404 e. The Morgan fingerprint density at radius 2 is 1.95 bits per heavy atom. The molecule has 0 aliphatic carbocycles. The number of allylic oxidation sites excluding steroid dienone is 7. The average Bonchev–Trinajstić information content (AvgIpc) is 2.52. The van der Waals surface area contributed by atoms with Gasteiger partial charge in [-0.25, -0.2) is 5.53 Å². The highest BCUT2D eigenvalue weighted by Gasteiger charge is 2.09. The van der Waals surface area contributed by atoms with E-state index in [0.29, 0.717) is 5.70 Å². The molecule has 0 saturated carbocycles. The topological polar surface area (TPSA) is 98.4 Å². The van der Waals surface area contributed by atoms with E-state index in [-0.39, 0.29) is 5.92 Å². The molecule has 0 radical (unpaired) electrons. The van der Waals surface area contributed by atoms with Crippen molar-refractivity contribution in [3.63, 3.8) is 0 Å². The predicted octanol–water partition coefficient (Wildman–Crippen LogP) is 4.01. The van der Waals surface area contributed by atoms with Crippen LogP contribution in [0.2, 0.25) is 0 Å². The Labute approximate surface area is 127 Å². The van der Waals surface area contributed by atoms with E-state index in [4.69, 9.17) is 16.7 Å². The third-order valence-corrected chi connectivity index (χ3v) is 3.23. The zero-order valence-corrected chi connectivity index (χ0v) is 13.2. The molecule has 21 heavy (non-hydrogen) atoms. The molecule has 0 aliphatic heterocycles. The fraction of sp³-hybridized carbons (Fsp3) is 0.375. The molecule has 0 aliphatic rings. The zero-order chi connectivity index (χ0) is 16.3. The fourth-order valence-electron chi connectivity index (χ4n) is 1.79. The first kappa shape index (κ1) is 18.7. The SMILES string of the molecule is C/C=C(\C=C/C(=C(\C=N)N=N)C(C)CC)C(/C=NC)=C/N. The summed E-state index contributed by atoms with van der Waals surface area (Å²) in [7, 11) is 1.69. The summed E-state index contributed by atoms with van der Waals surface area (Å²) < 4.78 is 0. The summed E-state index contributed by atoms with van der Waals surface area (Å²) in [6, 6.07) is 0. The lowest BCUT2D eigenvalue weighted by Gasteiger charge is -2.12. The molecule has 4 N–H and O–H groups in total. The van der Waals surface area contributed by atoms with Crippen molar-refractivity contribution in [3.8, 4) is 0 Å². The van der Waals surface area contributed by atoms with Gasteiger partial charge in [0.1, 0.15) is 5.70 Å². The Morgan fingerprint density at radius 1 is 1.29 bits per heavy atom. The maximum Gasteiger partial charge on any atom is 0.106 e. The van der Waals surface area contributed by atoms with Crippen molar-refractivity contribution in [1.82, 2.24) is 0 Å². The minimum atomic E-state index is 0.218. The summed E-state index contributed by atoms with van der Waals surface area (Å²) in [6.45, 7) is 6.04. The number of nitrogens with zero attached hydrogens (tertiary/aromatic N) is 2. The molecule has 5 heteroatoms. The van der Waals surface area contributed by atoms with E-state index >= 15 is 0 Å². The highest BCUT2D eigenvalue weighted by atomic mass is 15.0. The molecule has 0 spiro atoms. The van der Waals surface area contributed by atoms with Gasteiger partial charge in [-0.1, -0.05) is 32.1 Å². The Kier molecular flexibility index (Phi) is 9.33. The van der Waals surface area contributed by atoms with Crippen molar-refractivity contribution < 1.29 is 0 Å². The Morgan fingerprint density at radius 3 is 2.33 bits per heavy atom. The van der Waals surface area contributed by atoms with Gasteiger partial charge < -0.3 is 11.1 Å². The molecule has 0 amide bonds. The maximum atomic E-state index is 7.38. The lowest BCUT2D eigenvalue weighted by atomic mass is 9.95. The predicted molar refractivity (Wildman–Crippen MR) is 90.0 cm³/mol. The molecule has 1 unspecified atom stereocenters. The van der Waals surface area contributed by atoms with Gasteiger partial charge in [-0.3, -0.25) is 4.99 Å². The Bertz CT molecular complexity index is 497. The molecule has 0 bridgehead atoms. The first-order chi connectivity index (χ1) is 10.1. The Hall–Kier alpha value is -2.30. The van der Waals surface area contributed by atoms with Crippen LogP contribution in [0.4, 0.5) is 0 Å². The van der Waals surface area contributed by atoms with E-state index in [2.05, 4.69) is 24.0 Å². The van der Waals surface area contributed by atoms with Gasteiger partial charge >= 0.3 is 0 Å². The molecule has 0 saturated heterocycles. The van der Waals surface area contributed by atoms with E-state index in [1.54, 1.807) is 13.3 Å². The highest BCUT2D eigenvalue weighted by molar-refractivity contribution is 5.85. The molecule has 5 nitrogen and oxygen atoms in total. The second kappa shape index (κ2) is 10.5. The van der Waals surface area contributed by atoms with Crippen LogP contribution in [0.3, 0.4) is 0 Å². The van der Waals surface area contributed by atoms with Crippen molar-refractivity contribution in [2.75, 3.05) is 7.05 Å². The van der Waals surface area contributed by atoms with Gasteiger partial charge in [0.05, 0.1) is 0 Å². The third-order valence-electron chi connectivity index (χ3n) is 3.23. The van der Waals surface area contributed by atoms with E-state index in [9.17, 15) is 0 Å². The van der Waals surface area contributed by atoms with Gasteiger partial charge in [-0.15, -0.1) is 0 Å². The summed E-state index contributed by atoms with van der Waals surface area (Å²) in [5.41, 5.74) is 15.8. The van der Waals surface area contributed by atoms with Crippen LogP contribution in [-0.2, 0) is 0 Å². The van der Waals surface area contributed by atoms with Gasteiger partial charge in [-0.2, -0.15) is 5.11 Å². The molecule has 0 aromatic rings. The molecule has 1 atom stereocenters. The van der Waals surface area contributed by atoms with Gasteiger partial charge in [0.25, 0.3) is 0 Å². The minimum Gasteiger partial charge on any atom is -0.404 e. The van der Waals surface area contributed by atoms with Crippen molar-refractivity contribution >= 4 is 12.4 Å². The van der Waals surface area contributed by atoms with Crippen LogP contribution < -0.4 is 5.73 Å². The number of nitrogens with two attached hydrogens (primary N) is 1. The molecule has 0 heterocycles. The molecule has 0 aromatic carbocycles. The zero-order valence-electron chi connectivity index (χ0n) is 13.2. The minimum absolute atomic E-state index is 0.218. The smallest absolute Gasteiger partial charge is 0.106 e. The number of hydrogen-bond donors (Lipinski definition) is 3. The fourth-order valence-corrected chi connectivity index (χ4v) is 1.79. The van der Waals surface area contributed by atoms with Crippen LogP contribution in [0.15, 0.2) is 57.0 Å². The van der Waals surface area contributed by atoms with E-state index < -0.39 is 0 Å². The van der Waals surface area contributed by atoms with Crippen molar-refractivity contribution in [3.05, 3.63) is 46.8 Å². The highest BCUT2D eigenvalue weighted by Crippen LogP contribution is 2.21. The number of rotatable bonds is 8. The van der Waals surface area contributed by atoms with Crippen LogP contribution in [0.5, 0.6) is 0 Å². The lowest BCUT2D eigenvalue weighted by molar-refractivity contribution is 0.664. The summed E-state index contributed by atoms with van der Waals surface area (Å²) >= 11 is 0. The van der Waals surface area contributed by atoms with Crippen LogP contribution in [0.25, 0.3) is 0 Å². The molecule has 0 aromatic heterocycles. The van der Waals surface area contributed by atoms with Crippen LogP contribution >= 0.6 is 0 Å². The van der Waals surface area contributed by atoms with Crippen molar-refractivity contribution in [2.24, 2.45) is 21.8 Å². The van der Waals surface area contributed by atoms with Gasteiger partial charge in [-0.05, 0) is 30.4 Å². The monoisotopic (exact) mass is 287 g/mol. The summed E-state index contributed by atoms with van der Waals surface area (Å²) in [5, 5.41) is 10.8. The average molecular weight is 287 g/mol. The van der Waals surface area contributed by atoms with Gasteiger partial charge in [0, 0.05) is 31.2 Å². The third kappa shape index (κ3) is 5.69. The first-order valence-electron chi connectivity index (χ1n) is 6.90. The molecule has 0 fully saturated rings. The summed E-state index contributed by atoms with van der Waals surface area (Å²) in [4.78, 5) is 3.98. The lowest BCUT2D eigenvalue weighted by Crippen LogP contribution is -2.01. The first-order valence-corrected chi connectivity index (χ1v) is 6.90. The van der Waals surface area contributed by atoms with Crippen LogP contribution in [-0.4, -0.2) is 19.5 Å². The summed E-state index contributed by atoms with van der Waals surface area (Å²) in [6.07, 6.45) is 11.0. The molecular weight excluding hydrogens is 262 g/mol. The van der Waals surface area contributed by atoms with Gasteiger partial charge in [0.15, 0.2) is 0 Å². The normalized spacial score (nSPS) is 16.2. The number of hydrogen-bond acceptors (Lipinski definition) is 5. The second-order valence-electron chi connectivity index (χ2n) is 4.49. The quantitative estimate of drug-likeness (QED) is 0.351. The number of nitrogens with one attached hydrogen (secondary N) is 2. The summed E-state index contributed by atoms with van der Waals surface area (Å²) in [5.74, 6) is 0.218.